The van der Waals surface area contributed by atoms with Crippen LogP contribution in [0.1, 0.15) is 88.0 Å². The minimum atomic E-state index is -4.40. The molecule has 0 bridgehead atoms. The van der Waals surface area contributed by atoms with Crippen LogP contribution in [0, 0.1) is 13.8 Å². The van der Waals surface area contributed by atoms with E-state index in [-0.39, 0.29) is 15.7 Å². The highest BCUT2D eigenvalue weighted by Crippen LogP contribution is 2.43. The Labute approximate surface area is 328 Å². The first kappa shape index (κ1) is 37.4. The van der Waals surface area contributed by atoms with E-state index in [0.29, 0.717) is 67.9 Å². The van der Waals surface area contributed by atoms with E-state index in [1.807, 2.05) is 35.9 Å². The van der Waals surface area contributed by atoms with Crippen molar-refractivity contribution >= 4 is 44.4 Å². The van der Waals surface area contributed by atoms with E-state index >= 15 is 8.78 Å². The molecule has 4 aromatic heterocycles. The van der Waals surface area contributed by atoms with Crippen molar-refractivity contribution in [2.24, 2.45) is 0 Å². The van der Waals surface area contributed by atoms with E-state index in [0.717, 1.165) is 69.7 Å². The Morgan fingerprint density at radius 2 is 1.25 bits per heavy atom. The summed E-state index contributed by atoms with van der Waals surface area (Å²) in [6.07, 6.45) is 8.91. The molecule has 55 heavy (non-hydrogen) atoms. The van der Waals surface area contributed by atoms with E-state index in [2.05, 4.69) is 42.6 Å². The third kappa shape index (κ3) is 7.82. The standard InChI is InChI=1S/C43H42F2N4O3S3/c1-27-14-18-29(19-15-27)25-48-40-33(10-6-8-31-22-23-53-42(31)40)38(46-48)35(44)12-4-3-5-13-36(45)39-34-11-7-9-32-24-37(55(50,51)52)54-43(32)41(34)49(47-39)26-30-20-16-28(2)17-21-30/h12-24H,3-11,25-26H2,1-2H3,(H,50,51,52). The first-order valence-electron chi connectivity index (χ1n) is 18.7. The predicted molar refractivity (Wildman–Crippen MR) is 218 cm³/mol. The highest BCUT2D eigenvalue weighted by Gasteiger charge is 2.30. The fourth-order valence-electron chi connectivity index (χ4n) is 7.66. The number of hydrogen-bond acceptors (Lipinski definition) is 6. The van der Waals surface area contributed by atoms with Gasteiger partial charge in [-0.05, 0) is 124 Å². The van der Waals surface area contributed by atoms with Crippen molar-refractivity contribution in [1.82, 2.24) is 19.6 Å². The van der Waals surface area contributed by atoms with Gasteiger partial charge in [0.1, 0.15) is 27.3 Å². The Kier molecular flexibility index (Phi) is 10.6. The van der Waals surface area contributed by atoms with Crippen molar-refractivity contribution < 1.29 is 21.8 Å². The van der Waals surface area contributed by atoms with E-state index in [4.69, 9.17) is 10.2 Å². The molecule has 12 heteroatoms. The maximum atomic E-state index is 16.2. The third-order valence-electron chi connectivity index (χ3n) is 10.5. The molecule has 2 aromatic carbocycles. The number of rotatable bonds is 11. The second-order valence-corrected chi connectivity index (χ2v) is 18.2. The lowest BCUT2D eigenvalue weighted by atomic mass is 10.1. The van der Waals surface area contributed by atoms with E-state index in [1.165, 1.54) is 28.1 Å². The number of halogens is 2. The summed E-state index contributed by atoms with van der Waals surface area (Å²) in [6, 6.07) is 20.1. The summed E-state index contributed by atoms with van der Waals surface area (Å²) in [7, 11) is -4.40. The van der Waals surface area contributed by atoms with E-state index in [1.54, 1.807) is 22.1 Å². The van der Waals surface area contributed by atoms with Gasteiger partial charge >= 0.3 is 10.1 Å². The van der Waals surface area contributed by atoms with Gasteiger partial charge in [0, 0.05) is 11.1 Å². The minimum Gasteiger partial charge on any atom is -0.281 e. The lowest BCUT2D eigenvalue weighted by Gasteiger charge is -2.09. The second-order valence-electron chi connectivity index (χ2n) is 14.5. The fourth-order valence-corrected chi connectivity index (χ4v) is 10.7. The molecule has 4 heterocycles. The highest BCUT2D eigenvalue weighted by molar-refractivity contribution is 7.88. The van der Waals surface area contributed by atoms with Crippen LogP contribution in [0.25, 0.3) is 32.8 Å². The Balaban J connectivity index is 1.04. The number of hydrogen-bond donors (Lipinski definition) is 1. The van der Waals surface area contributed by atoms with Gasteiger partial charge in [-0.3, -0.25) is 13.9 Å². The largest absolute Gasteiger partial charge is 0.304 e. The van der Waals surface area contributed by atoms with Gasteiger partial charge in [-0.25, -0.2) is 8.78 Å². The van der Waals surface area contributed by atoms with Crippen molar-refractivity contribution in [3.8, 4) is 21.1 Å². The lowest BCUT2D eigenvalue weighted by Crippen LogP contribution is -2.04. The van der Waals surface area contributed by atoms with Crippen LogP contribution in [0.2, 0.25) is 0 Å². The van der Waals surface area contributed by atoms with Crippen LogP contribution in [0.5, 0.6) is 0 Å². The van der Waals surface area contributed by atoms with Gasteiger partial charge < -0.3 is 0 Å². The summed E-state index contributed by atoms with van der Waals surface area (Å²) >= 11 is 2.68. The molecule has 0 spiro atoms. The molecule has 284 valence electrons. The molecule has 0 saturated carbocycles. The summed E-state index contributed by atoms with van der Waals surface area (Å²) in [5.41, 5.74) is 10.5. The molecule has 6 aromatic rings. The molecule has 0 fully saturated rings. The fraction of sp³-hybridized carbons (Fsp3) is 0.302. The summed E-state index contributed by atoms with van der Waals surface area (Å²) in [6.45, 7) is 5.00. The molecule has 0 saturated heterocycles. The average molecular weight is 797 g/mol. The Morgan fingerprint density at radius 1 is 0.745 bits per heavy atom. The van der Waals surface area contributed by atoms with Crippen molar-refractivity contribution in [3.05, 3.63) is 134 Å². The molecular formula is C43H42F2N4O3S3. The first-order valence-corrected chi connectivity index (χ1v) is 21.9. The molecule has 1 N–H and O–H groups in total. The number of benzene rings is 2. The number of aryl methyl sites for hydroxylation is 4. The van der Waals surface area contributed by atoms with Gasteiger partial charge in [0.05, 0.1) is 34.2 Å². The van der Waals surface area contributed by atoms with Crippen LogP contribution in [-0.2, 0) is 48.9 Å². The van der Waals surface area contributed by atoms with Gasteiger partial charge in [-0.15, -0.1) is 22.7 Å². The lowest BCUT2D eigenvalue weighted by molar-refractivity contribution is 0.485. The van der Waals surface area contributed by atoms with Crippen molar-refractivity contribution in [2.75, 3.05) is 0 Å². The SMILES string of the molecule is Cc1ccc(Cn2nc(C(F)=CCCCC=C(F)c3nn(Cc4ccc(C)cc4)c4c3CCCc3cc(S(=O)(=O)O)sc3-4)c3c2-c2sccc2CCC3)cc1. The molecule has 7 nitrogen and oxygen atoms in total. The van der Waals surface area contributed by atoms with Crippen LogP contribution in [0.3, 0.4) is 0 Å². The van der Waals surface area contributed by atoms with Crippen molar-refractivity contribution in [1.29, 1.82) is 0 Å². The zero-order chi connectivity index (χ0) is 38.3. The first-order chi connectivity index (χ1) is 26.5. The molecule has 0 radical (unpaired) electrons. The zero-order valence-electron chi connectivity index (χ0n) is 30.8. The van der Waals surface area contributed by atoms with Crippen molar-refractivity contribution in [3.63, 3.8) is 0 Å². The third-order valence-corrected chi connectivity index (χ3v) is 13.9. The summed E-state index contributed by atoms with van der Waals surface area (Å²) in [5.74, 6) is -0.801. The van der Waals surface area contributed by atoms with Crippen LogP contribution in [-0.4, -0.2) is 32.5 Å². The summed E-state index contributed by atoms with van der Waals surface area (Å²) in [5, 5.41) is 11.7. The molecule has 0 aliphatic heterocycles. The monoisotopic (exact) mass is 796 g/mol. The molecule has 2 aliphatic carbocycles. The Morgan fingerprint density at radius 3 is 1.78 bits per heavy atom. The minimum absolute atomic E-state index is 0.128. The quantitative estimate of drug-likeness (QED) is 0.104. The van der Waals surface area contributed by atoms with E-state index < -0.39 is 15.9 Å². The molecule has 8 rings (SSSR count). The normalized spacial score (nSPS) is 14.6. The van der Waals surface area contributed by atoms with E-state index in [9.17, 15) is 13.0 Å². The molecule has 0 amide bonds. The van der Waals surface area contributed by atoms with Gasteiger partial charge in [0.15, 0.2) is 0 Å². The van der Waals surface area contributed by atoms with Crippen molar-refractivity contribution in [2.45, 2.75) is 88.9 Å². The number of fused-ring (bicyclic) bond motifs is 6. The van der Waals surface area contributed by atoms with Crippen LogP contribution < -0.4 is 0 Å². The molecule has 0 atom stereocenters. The molecule has 0 unspecified atom stereocenters. The predicted octanol–water partition coefficient (Wildman–Crippen LogP) is 11.0. The Bertz CT molecular complexity index is 2540. The number of aromatic nitrogens is 4. The van der Waals surface area contributed by atoms with Gasteiger partial charge in [-0.1, -0.05) is 59.7 Å². The molecular weight excluding hydrogens is 755 g/mol. The van der Waals surface area contributed by atoms with Gasteiger partial charge in [0.2, 0.25) is 0 Å². The average Bonchev–Trinajstić information content (AvgIpc) is 3.91. The van der Waals surface area contributed by atoms with Crippen LogP contribution in [0.15, 0.2) is 82.4 Å². The number of nitrogens with zero attached hydrogens (tertiary/aromatic N) is 4. The maximum Gasteiger partial charge on any atom is 0.304 e. The Hall–Kier alpha value is -4.49. The van der Waals surface area contributed by atoms with Crippen LogP contribution in [0.4, 0.5) is 8.78 Å². The number of thiophene rings is 2. The molecule has 2 aliphatic rings. The number of unbranched alkanes of at least 4 members (excludes halogenated alkanes) is 2. The topological polar surface area (TPSA) is 90.0 Å². The zero-order valence-corrected chi connectivity index (χ0v) is 33.3. The second kappa shape index (κ2) is 15.6. The number of allylic oxidation sites excluding steroid dienone is 2. The highest BCUT2D eigenvalue weighted by atomic mass is 32.3. The van der Waals surface area contributed by atoms with Gasteiger partial charge in [-0.2, -0.15) is 18.6 Å². The van der Waals surface area contributed by atoms with Crippen LogP contribution >= 0.6 is 22.7 Å². The maximum absolute atomic E-state index is 16.2. The summed E-state index contributed by atoms with van der Waals surface area (Å²) < 4.78 is 69.9. The summed E-state index contributed by atoms with van der Waals surface area (Å²) in [4.78, 5) is 1.86. The smallest absolute Gasteiger partial charge is 0.281 e. The van der Waals surface area contributed by atoms with Gasteiger partial charge in [0.25, 0.3) is 0 Å².